The Morgan fingerprint density at radius 2 is 1.68 bits per heavy atom. The Kier molecular flexibility index (Phi) is 12.0. The van der Waals surface area contributed by atoms with Gasteiger partial charge in [0.05, 0.1) is 11.8 Å². The van der Waals surface area contributed by atoms with Crippen molar-refractivity contribution < 1.29 is 14.3 Å². The summed E-state index contributed by atoms with van der Waals surface area (Å²) in [4.78, 5) is 21.0. The summed E-state index contributed by atoms with van der Waals surface area (Å²) in [5.74, 6) is -0.0175. The maximum Gasteiger partial charge on any atom is 0.309 e. The number of alkyl halides is 1. The van der Waals surface area contributed by atoms with E-state index in [9.17, 15) is 9.59 Å². The van der Waals surface area contributed by atoms with Crippen LogP contribution in [0.4, 0.5) is 0 Å². The van der Waals surface area contributed by atoms with Gasteiger partial charge < -0.3 is 10.1 Å². The summed E-state index contributed by atoms with van der Waals surface area (Å²) in [7, 11) is 0. The molecule has 0 aromatic carbocycles. The lowest BCUT2D eigenvalue weighted by Crippen LogP contribution is -2.35. The van der Waals surface area contributed by atoms with Crippen molar-refractivity contribution in [3.8, 4) is 0 Å². The van der Waals surface area contributed by atoms with Gasteiger partial charge in [-0.15, -0.1) is 24.0 Å². The largest absolute Gasteiger partial charge is 0.460 e. The number of hydrogen-bond acceptors (Lipinski definition) is 4. The molecule has 1 rings (SSSR count). The number of halogens is 3. The molecular formula is C12H22Cl3NO3. The van der Waals surface area contributed by atoms with E-state index in [1.54, 1.807) is 0 Å². The monoisotopic (exact) mass is 333 g/mol. The fourth-order valence-corrected chi connectivity index (χ4v) is 1.44. The van der Waals surface area contributed by atoms with Crippen LogP contribution in [-0.4, -0.2) is 35.8 Å². The van der Waals surface area contributed by atoms with Crippen molar-refractivity contribution in [3.05, 3.63) is 0 Å². The summed E-state index contributed by atoms with van der Waals surface area (Å²) < 4.78 is 5.31. The first kappa shape index (κ1) is 21.3. The molecule has 1 fully saturated rings. The highest BCUT2D eigenvalue weighted by Gasteiger charge is 2.26. The first-order chi connectivity index (χ1) is 8.26. The molecule has 0 amide bonds. The molecule has 7 heteroatoms. The molecule has 0 aromatic heterocycles. The van der Waals surface area contributed by atoms with Crippen molar-refractivity contribution in [2.45, 2.75) is 39.2 Å². The van der Waals surface area contributed by atoms with Crippen molar-refractivity contribution in [3.63, 3.8) is 0 Å². The topological polar surface area (TPSA) is 55.4 Å². The number of hydrogen-bond donors (Lipinski definition) is 1. The Hall–Kier alpha value is -0.0300. The molecule has 1 aliphatic heterocycles. The second-order valence-corrected chi connectivity index (χ2v) is 5.74. The number of carbonyl (C=O) groups excluding carboxylic acids is 2. The molecule has 0 bridgehead atoms. The van der Waals surface area contributed by atoms with Gasteiger partial charge in [0.1, 0.15) is 5.60 Å². The van der Waals surface area contributed by atoms with Crippen LogP contribution in [0.2, 0.25) is 0 Å². The third-order valence-corrected chi connectivity index (χ3v) is 2.70. The zero-order valence-electron chi connectivity index (χ0n) is 11.5. The Morgan fingerprint density at radius 1 is 1.26 bits per heavy atom. The van der Waals surface area contributed by atoms with Crippen LogP contribution in [0.1, 0.15) is 33.6 Å². The Balaban J connectivity index is 0. The second kappa shape index (κ2) is 10.7. The molecule has 0 atom stereocenters. The van der Waals surface area contributed by atoms with Crippen molar-refractivity contribution >= 4 is 46.8 Å². The summed E-state index contributed by atoms with van der Waals surface area (Å²) in [6, 6.07) is 0. The first-order valence-electron chi connectivity index (χ1n) is 5.94. The number of ether oxygens (including phenoxy) is 1. The predicted molar refractivity (Wildman–Crippen MR) is 80.3 cm³/mol. The van der Waals surface area contributed by atoms with Crippen molar-refractivity contribution in [1.82, 2.24) is 5.32 Å². The molecule has 1 N–H and O–H groups in total. The van der Waals surface area contributed by atoms with E-state index >= 15 is 0 Å². The van der Waals surface area contributed by atoms with Crippen LogP contribution >= 0.6 is 35.6 Å². The zero-order chi connectivity index (χ0) is 14.2. The predicted octanol–water partition coefficient (Wildman–Crippen LogP) is 2.74. The highest BCUT2D eigenvalue weighted by molar-refractivity contribution is 6.67. The molecule has 4 nitrogen and oxygen atoms in total. The number of nitrogens with one attached hydrogen (secondary N) is 1. The van der Waals surface area contributed by atoms with Crippen LogP contribution in [0.25, 0.3) is 0 Å². The van der Waals surface area contributed by atoms with E-state index in [4.69, 9.17) is 27.9 Å². The maximum atomic E-state index is 11.6. The van der Waals surface area contributed by atoms with Crippen molar-refractivity contribution in [2.75, 3.05) is 19.0 Å². The van der Waals surface area contributed by atoms with Crippen LogP contribution in [0, 0.1) is 5.92 Å². The Bertz CT molecular complexity index is 274. The molecule has 0 unspecified atom stereocenters. The summed E-state index contributed by atoms with van der Waals surface area (Å²) >= 11 is 9.55. The second-order valence-electron chi connectivity index (χ2n) is 5.05. The maximum absolute atomic E-state index is 11.6. The van der Waals surface area contributed by atoms with Gasteiger partial charge in [-0.05, 0) is 58.3 Å². The smallest absolute Gasteiger partial charge is 0.309 e. The molecule has 114 valence electrons. The van der Waals surface area contributed by atoms with Gasteiger partial charge >= 0.3 is 5.97 Å². The van der Waals surface area contributed by atoms with Crippen LogP contribution in [0.15, 0.2) is 0 Å². The van der Waals surface area contributed by atoms with E-state index in [0.717, 1.165) is 25.9 Å². The molecule has 1 heterocycles. The lowest BCUT2D eigenvalue weighted by atomic mass is 9.98. The minimum absolute atomic E-state index is 0. The fourth-order valence-electron chi connectivity index (χ4n) is 1.44. The number of esters is 1. The average Bonchev–Trinajstić information content (AvgIpc) is 2.29. The summed E-state index contributed by atoms with van der Waals surface area (Å²) in [5, 5.41) is 2.72. The normalized spacial score (nSPS) is 15.6. The summed E-state index contributed by atoms with van der Waals surface area (Å²) in [6.07, 6.45) is 1.82. The molecule has 1 aliphatic rings. The van der Waals surface area contributed by atoms with Gasteiger partial charge in [-0.25, -0.2) is 0 Å². The van der Waals surface area contributed by atoms with Gasteiger partial charge in [0.2, 0.25) is 5.24 Å². The van der Waals surface area contributed by atoms with E-state index in [0.29, 0.717) is 0 Å². The molecule has 1 saturated heterocycles. The molecule has 0 saturated carbocycles. The highest BCUT2D eigenvalue weighted by atomic mass is 35.5. The first-order valence-corrected chi connectivity index (χ1v) is 6.85. The third-order valence-electron chi connectivity index (χ3n) is 2.18. The molecule has 0 aromatic rings. The number of piperidine rings is 1. The van der Waals surface area contributed by atoms with E-state index in [2.05, 4.69) is 5.32 Å². The van der Waals surface area contributed by atoms with Gasteiger partial charge in [-0.1, -0.05) is 0 Å². The average molecular weight is 335 g/mol. The van der Waals surface area contributed by atoms with Crippen LogP contribution in [-0.2, 0) is 14.3 Å². The Morgan fingerprint density at radius 3 is 2.00 bits per heavy atom. The number of carbonyl (C=O) groups is 2. The van der Waals surface area contributed by atoms with Crippen LogP contribution < -0.4 is 5.32 Å². The fraction of sp³-hybridized carbons (Fsp3) is 0.833. The lowest BCUT2D eigenvalue weighted by molar-refractivity contribution is -0.160. The van der Waals surface area contributed by atoms with E-state index < -0.39 is 5.24 Å². The summed E-state index contributed by atoms with van der Waals surface area (Å²) in [6.45, 7) is 7.59. The van der Waals surface area contributed by atoms with E-state index in [-0.39, 0.29) is 35.8 Å². The third kappa shape index (κ3) is 12.7. The lowest BCUT2D eigenvalue weighted by Gasteiger charge is -2.26. The molecule has 0 radical (unpaired) electrons. The Labute approximate surface area is 130 Å². The quantitative estimate of drug-likeness (QED) is 0.479. The SMILES string of the molecule is CC(C)(C)OC(=O)C1CCNCC1.Cl.O=C(Cl)CCl. The van der Waals surface area contributed by atoms with Gasteiger partial charge in [-0.2, -0.15) is 0 Å². The van der Waals surface area contributed by atoms with Gasteiger partial charge in [0, 0.05) is 0 Å². The van der Waals surface area contributed by atoms with Gasteiger partial charge in [0.15, 0.2) is 0 Å². The van der Waals surface area contributed by atoms with Crippen LogP contribution in [0.3, 0.4) is 0 Å². The van der Waals surface area contributed by atoms with Gasteiger partial charge in [-0.3, -0.25) is 9.59 Å². The highest BCUT2D eigenvalue weighted by Crippen LogP contribution is 2.17. The van der Waals surface area contributed by atoms with Gasteiger partial charge in [0.25, 0.3) is 0 Å². The molecule has 0 aliphatic carbocycles. The minimum Gasteiger partial charge on any atom is -0.460 e. The number of rotatable bonds is 2. The minimum atomic E-state index is -0.508. The van der Waals surface area contributed by atoms with E-state index in [1.807, 2.05) is 20.8 Å². The molecule has 0 spiro atoms. The summed E-state index contributed by atoms with van der Waals surface area (Å²) in [5.41, 5.74) is -0.345. The van der Waals surface area contributed by atoms with Crippen molar-refractivity contribution in [1.29, 1.82) is 0 Å². The molecule has 19 heavy (non-hydrogen) atoms. The van der Waals surface area contributed by atoms with Crippen molar-refractivity contribution in [2.24, 2.45) is 5.92 Å². The standard InChI is InChI=1S/C10H19NO2.C2H2Cl2O.ClH/c1-10(2,3)13-9(12)8-4-6-11-7-5-8;3-1-2(4)5;/h8,11H,4-7H2,1-3H3;1H2;1H. The van der Waals surface area contributed by atoms with E-state index in [1.165, 1.54) is 0 Å². The van der Waals surface area contributed by atoms with Crippen LogP contribution in [0.5, 0.6) is 0 Å². The molecular weight excluding hydrogens is 312 g/mol. The zero-order valence-corrected chi connectivity index (χ0v) is 13.8.